The molecule has 0 aromatic heterocycles. The lowest BCUT2D eigenvalue weighted by Gasteiger charge is -2.26. The van der Waals surface area contributed by atoms with Crippen LogP contribution < -0.4 is 4.90 Å². The van der Waals surface area contributed by atoms with E-state index < -0.39 is 11.4 Å². The van der Waals surface area contributed by atoms with E-state index in [0.717, 1.165) is 0 Å². The van der Waals surface area contributed by atoms with Crippen molar-refractivity contribution in [1.29, 1.82) is 5.26 Å². The van der Waals surface area contributed by atoms with Gasteiger partial charge in [0.15, 0.2) is 0 Å². The second-order valence-electron chi connectivity index (χ2n) is 3.46. The van der Waals surface area contributed by atoms with Gasteiger partial charge in [-0.1, -0.05) is 18.2 Å². The first-order chi connectivity index (χ1) is 7.57. The molecule has 2 atom stereocenters. The Morgan fingerprint density at radius 1 is 1.38 bits per heavy atom. The van der Waals surface area contributed by atoms with Gasteiger partial charge in [0, 0.05) is 5.69 Å². The molecule has 16 heavy (non-hydrogen) atoms. The van der Waals surface area contributed by atoms with E-state index in [4.69, 9.17) is 16.9 Å². The van der Waals surface area contributed by atoms with Gasteiger partial charge < -0.3 is 0 Å². The highest BCUT2D eigenvalue weighted by molar-refractivity contribution is 6.32. The second-order valence-corrected chi connectivity index (χ2v) is 4.12. The number of hydrogen-bond acceptors (Lipinski definition) is 2. The molecule has 4 heteroatoms. The summed E-state index contributed by atoms with van der Waals surface area (Å²) >= 11 is 5.77. The number of nitrogens with zero attached hydrogens (tertiary/aromatic N) is 2. The Morgan fingerprint density at radius 2 is 1.94 bits per heavy atom. The summed E-state index contributed by atoms with van der Waals surface area (Å²) in [6.45, 7) is 3.27. The Morgan fingerprint density at radius 3 is 2.38 bits per heavy atom. The van der Waals surface area contributed by atoms with Crippen molar-refractivity contribution < 1.29 is 4.79 Å². The van der Waals surface area contributed by atoms with E-state index in [1.165, 1.54) is 4.90 Å². The minimum atomic E-state index is -0.643. The normalized spacial score (nSPS) is 13.6. The predicted molar refractivity (Wildman–Crippen MR) is 64.3 cm³/mol. The highest BCUT2D eigenvalue weighted by Gasteiger charge is 2.24. The number of carbonyl (C=O) groups is 1. The van der Waals surface area contributed by atoms with E-state index in [-0.39, 0.29) is 5.91 Å². The van der Waals surface area contributed by atoms with Crippen LogP contribution in [0.2, 0.25) is 0 Å². The summed E-state index contributed by atoms with van der Waals surface area (Å²) in [5.74, 6) is -0.262. The Kier molecular flexibility index (Phi) is 4.33. The molecule has 84 valence electrons. The lowest BCUT2D eigenvalue weighted by atomic mass is 10.2. The summed E-state index contributed by atoms with van der Waals surface area (Å²) in [4.78, 5) is 13.3. The van der Waals surface area contributed by atoms with Gasteiger partial charge in [0.2, 0.25) is 5.91 Å². The lowest BCUT2D eigenvalue weighted by Crippen LogP contribution is -2.41. The fourth-order valence-electron chi connectivity index (χ4n) is 1.38. The highest BCUT2D eigenvalue weighted by Crippen LogP contribution is 2.18. The van der Waals surface area contributed by atoms with Gasteiger partial charge in [-0.05, 0) is 26.0 Å². The van der Waals surface area contributed by atoms with Crippen LogP contribution in [-0.4, -0.2) is 17.3 Å². The Labute approximate surface area is 100 Å². The molecule has 1 aromatic rings. The maximum atomic E-state index is 11.9. The third-order valence-corrected chi connectivity index (χ3v) is 2.37. The van der Waals surface area contributed by atoms with Crippen LogP contribution in [0, 0.1) is 11.3 Å². The number of halogens is 1. The molecule has 0 fully saturated rings. The van der Waals surface area contributed by atoms with Crippen molar-refractivity contribution >= 4 is 23.2 Å². The number of benzene rings is 1. The lowest BCUT2D eigenvalue weighted by molar-refractivity contribution is -0.118. The van der Waals surface area contributed by atoms with E-state index >= 15 is 0 Å². The molecule has 1 aromatic carbocycles. The second kappa shape index (κ2) is 5.53. The molecule has 0 N–H and O–H groups in total. The Bertz CT molecular complexity index is 397. The van der Waals surface area contributed by atoms with Crippen molar-refractivity contribution in [3.05, 3.63) is 30.3 Å². The van der Waals surface area contributed by atoms with Gasteiger partial charge in [0.25, 0.3) is 0 Å². The molecule has 0 bridgehead atoms. The molecule has 3 nitrogen and oxygen atoms in total. The molecule has 0 aliphatic heterocycles. The van der Waals surface area contributed by atoms with E-state index in [1.807, 2.05) is 24.3 Å². The van der Waals surface area contributed by atoms with Gasteiger partial charge in [0.05, 0.1) is 6.07 Å². The van der Waals surface area contributed by atoms with Crippen LogP contribution in [0.25, 0.3) is 0 Å². The first kappa shape index (κ1) is 12.5. The molecule has 1 amide bonds. The third-order valence-electron chi connectivity index (χ3n) is 2.19. The number of rotatable bonds is 3. The van der Waals surface area contributed by atoms with Gasteiger partial charge >= 0.3 is 0 Å². The van der Waals surface area contributed by atoms with E-state index in [1.54, 1.807) is 26.0 Å². The monoisotopic (exact) mass is 236 g/mol. The molecule has 0 heterocycles. The van der Waals surface area contributed by atoms with Crippen molar-refractivity contribution in [2.24, 2.45) is 0 Å². The van der Waals surface area contributed by atoms with E-state index in [2.05, 4.69) is 0 Å². The van der Waals surface area contributed by atoms with Crippen LogP contribution in [-0.2, 0) is 4.79 Å². The van der Waals surface area contributed by atoms with Crippen molar-refractivity contribution in [3.8, 4) is 6.07 Å². The Hall–Kier alpha value is -1.53. The smallest absolute Gasteiger partial charge is 0.245 e. The topological polar surface area (TPSA) is 44.1 Å². The number of para-hydroxylation sites is 1. The summed E-state index contributed by atoms with van der Waals surface area (Å²) in [5.41, 5.74) is 0.689. The van der Waals surface area contributed by atoms with Crippen LogP contribution in [0.3, 0.4) is 0 Å². The van der Waals surface area contributed by atoms with Crippen LogP contribution in [0.5, 0.6) is 0 Å². The van der Waals surface area contributed by atoms with Gasteiger partial charge in [-0.15, -0.1) is 11.6 Å². The molecular formula is C12H13ClN2O. The minimum absolute atomic E-state index is 0.262. The highest BCUT2D eigenvalue weighted by atomic mass is 35.5. The van der Waals surface area contributed by atoms with E-state index in [9.17, 15) is 4.79 Å². The minimum Gasteiger partial charge on any atom is -0.295 e. The molecule has 0 radical (unpaired) electrons. The van der Waals surface area contributed by atoms with Crippen LogP contribution >= 0.6 is 11.6 Å². The first-order valence-electron chi connectivity index (χ1n) is 4.99. The van der Waals surface area contributed by atoms with Gasteiger partial charge in [-0.2, -0.15) is 5.26 Å². The SMILES string of the molecule is CC(Cl)C(=O)N(c1ccccc1)C(C)C#N. The quantitative estimate of drug-likeness (QED) is 0.757. The molecule has 2 unspecified atom stereocenters. The molecule has 0 aliphatic carbocycles. The maximum Gasteiger partial charge on any atom is 0.245 e. The summed E-state index contributed by atoms with van der Waals surface area (Å²) in [5, 5.41) is 8.27. The predicted octanol–water partition coefficient (Wildman–Crippen LogP) is 2.56. The first-order valence-corrected chi connectivity index (χ1v) is 5.43. The maximum absolute atomic E-state index is 11.9. The van der Waals surface area contributed by atoms with Crippen molar-refractivity contribution in [1.82, 2.24) is 0 Å². The van der Waals surface area contributed by atoms with Gasteiger partial charge in [-0.25, -0.2) is 0 Å². The summed E-state index contributed by atoms with van der Waals surface area (Å²) in [6.07, 6.45) is 0. The van der Waals surface area contributed by atoms with Crippen LogP contribution in [0.4, 0.5) is 5.69 Å². The van der Waals surface area contributed by atoms with Gasteiger partial charge in [0.1, 0.15) is 11.4 Å². The molecule has 0 saturated heterocycles. The summed E-state index contributed by atoms with van der Waals surface area (Å²) in [7, 11) is 0. The number of alkyl halides is 1. The molecule has 0 saturated carbocycles. The fraction of sp³-hybridized carbons (Fsp3) is 0.333. The van der Waals surface area contributed by atoms with E-state index in [0.29, 0.717) is 5.69 Å². The number of anilines is 1. The van der Waals surface area contributed by atoms with Crippen molar-refractivity contribution in [2.45, 2.75) is 25.3 Å². The molecular weight excluding hydrogens is 224 g/mol. The standard InChI is InChI=1S/C12H13ClN2O/c1-9(8-14)15(12(16)10(2)13)11-6-4-3-5-7-11/h3-7,9-10H,1-2H3. The zero-order valence-corrected chi connectivity index (χ0v) is 9.98. The number of nitriles is 1. The van der Waals surface area contributed by atoms with Gasteiger partial charge in [-0.3, -0.25) is 9.69 Å². The zero-order valence-electron chi connectivity index (χ0n) is 9.22. The van der Waals surface area contributed by atoms with Crippen LogP contribution in [0.1, 0.15) is 13.8 Å². The van der Waals surface area contributed by atoms with Crippen LogP contribution in [0.15, 0.2) is 30.3 Å². The average Bonchev–Trinajstić information content (AvgIpc) is 2.30. The molecule has 0 spiro atoms. The Balaban J connectivity index is 3.08. The van der Waals surface area contributed by atoms with Crippen molar-refractivity contribution in [3.63, 3.8) is 0 Å². The van der Waals surface area contributed by atoms with Crippen molar-refractivity contribution in [2.75, 3.05) is 4.90 Å². The number of hydrogen-bond donors (Lipinski definition) is 0. The molecule has 1 rings (SSSR count). The fourth-order valence-corrected chi connectivity index (χ4v) is 1.48. The third kappa shape index (κ3) is 2.74. The molecule has 0 aliphatic rings. The summed E-state index contributed by atoms with van der Waals surface area (Å²) < 4.78 is 0. The number of carbonyl (C=O) groups excluding carboxylic acids is 1. The largest absolute Gasteiger partial charge is 0.295 e. The summed E-state index contributed by atoms with van der Waals surface area (Å²) in [6, 6.07) is 10.6. The average molecular weight is 237 g/mol. The zero-order chi connectivity index (χ0) is 12.1. The number of amides is 1.